The molecule has 0 aromatic rings. The minimum absolute atomic E-state index is 0.214. The van der Waals surface area contributed by atoms with E-state index in [2.05, 4.69) is 11.9 Å². The molecule has 6 nitrogen and oxygen atoms in total. The van der Waals surface area contributed by atoms with Crippen molar-refractivity contribution in [1.29, 1.82) is 0 Å². The van der Waals surface area contributed by atoms with Crippen molar-refractivity contribution >= 4 is 12.0 Å². The molecule has 114 valence electrons. The van der Waals surface area contributed by atoms with Crippen molar-refractivity contribution in [2.75, 3.05) is 32.8 Å². The first kappa shape index (κ1) is 16.5. The fraction of sp³-hybridized carbons (Fsp3) is 0.714. The topological polar surface area (TPSA) is 78.9 Å². The number of carbonyl (C=O) groups excluding carboxylic acids is 1. The van der Waals surface area contributed by atoms with E-state index in [1.165, 1.54) is 0 Å². The maximum Gasteiger partial charge on any atom is 0.317 e. The Morgan fingerprint density at radius 1 is 1.50 bits per heavy atom. The molecule has 6 heteroatoms. The smallest absolute Gasteiger partial charge is 0.317 e. The number of amides is 2. The minimum atomic E-state index is -0.817. The summed E-state index contributed by atoms with van der Waals surface area (Å²) in [5, 5.41) is 12.0. The molecule has 1 unspecified atom stereocenters. The second-order valence-corrected chi connectivity index (χ2v) is 5.03. The van der Waals surface area contributed by atoms with Gasteiger partial charge < -0.3 is 20.1 Å². The Kier molecular flexibility index (Phi) is 6.51. The van der Waals surface area contributed by atoms with Crippen molar-refractivity contribution in [2.24, 2.45) is 5.41 Å². The molecule has 2 N–H and O–H groups in total. The lowest BCUT2D eigenvalue weighted by atomic mass is 9.84. The van der Waals surface area contributed by atoms with Crippen LogP contribution in [-0.2, 0) is 9.53 Å². The van der Waals surface area contributed by atoms with Crippen molar-refractivity contribution in [3.8, 4) is 0 Å². The van der Waals surface area contributed by atoms with Crippen molar-refractivity contribution in [2.45, 2.75) is 26.2 Å². The van der Waals surface area contributed by atoms with Gasteiger partial charge in [-0.05, 0) is 19.3 Å². The number of hydrogen-bond acceptors (Lipinski definition) is 3. The molecule has 1 heterocycles. The summed E-state index contributed by atoms with van der Waals surface area (Å²) in [6, 6.07) is -0.214. The van der Waals surface area contributed by atoms with Gasteiger partial charge >= 0.3 is 12.0 Å². The molecule has 1 fully saturated rings. The number of rotatable bonds is 8. The van der Waals surface area contributed by atoms with Crippen molar-refractivity contribution < 1.29 is 19.4 Å². The van der Waals surface area contributed by atoms with Gasteiger partial charge in [0.1, 0.15) is 0 Å². The van der Waals surface area contributed by atoms with Crippen molar-refractivity contribution in [1.82, 2.24) is 10.2 Å². The number of hydrogen-bond donors (Lipinski definition) is 2. The van der Waals surface area contributed by atoms with Crippen LogP contribution in [0.25, 0.3) is 0 Å². The Labute approximate surface area is 119 Å². The summed E-state index contributed by atoms with van der Waals surface area (Å²) in [7, 11) is 0. The zero-order valence-corrected chi connectivity index (χ0v) is 12.1. The fourth-order valence-electron chi connectivity index (χ4n) is 2.27. The average Bonchev–Trinajstić information content (AvgIpc) is 2.88. The molecule has 1 saturated heterocycles. The van der Waals surface area contributed by atoms with Crippen molar-refractivity contribution in [3.05, 3.63) is 12.7 Å². The predicted octanol–water partition coefficient (Wildman–Crippen LogP) is 1.48. The Bertz CT molecular complexity index is 359. The van der Waals surface area contributed by atoms with Crippen LogP contribution in [0.2, 0.25) is 0 Å². The molecule has 0 bridgehead atoms. The zero-order valence-electron chi connectivity index (χ0n) is 12.1. The number of carboxylic acid groups (broad SMARTS) is 1. The van der Waals surface area contributed by atoms with E-state index in [1.54, 1.807) is 11.0 Å². The van der Waals surface area contributed by atoms with Gasteiger partial charge in [0.05, 0.1) is 18.6 Å². The van der Waals surface area contributed by atoms with Crippen LogP contribution in [-0.4, -0.2) is 54.9 Å². The van der Waals surface area contributed by atoms with Gasteiger partial charge in [0, 0.05) is 19.6 Å². The maximum atomic E-state index is 11.9. The predicted molar refractivity (Wildman–Crippen MR) is 75.6 cm³/mol. The van der Waals surface area contributed by atoms with Gasteiger partial charge in [-0.2, -0.15) is 0 Å². The molecule has 0 saturated carbocycles. The highest BCUT2D eigenvalue weighted by Gasteiger charge is 2.44. The fourth-order valence-corrected chi connectivity index (χ4v) is 2.27. The van der Waals surface area contributed by atoms with Crippen LogP contribution in [0.3, 0.4) is 0 Å². The van der Waals surface area contributed by atoms with Crippen LogP contribution < -0.4 is 5.32 Å². The molecule has 1 atom stereocenters. The molecule has 0 radical (unpaired) electrons. The Morgan fingerprint density at radius 2 is 2.25 bits per heavy atom. The Hall–Kier alpha value is -1.56. The lowest BCUT2D eigenvalue weighted by Gasteiger charge is -2.23. The third-order valence-corrected chi connectivity index (χ3v) is 3.76. The summed E-state index contributed by atoms with van der Waals surface area (Å²) in [6.07, 6.45) is 3.62. The molecule has 2 amide bonds. The summed E-state index contributed by atoms with van der Waals surface area (Å²) in [5.41, 5.74) is -0.780. The van der Waals surface area contributed by atoms with E-state index >= 15 is 0 Å². The summed E-state index contributed by atoms with van der Waals surface area (Å²) >= 11 is 0. The second kappa shape index (κ2) is 7.89. The molecule has 1 aliphatic rings. The van der Waals surface area contributed by atoms with E-state index in [0.717, 1.165) is 6.42 Å². The summed E-state index contributed by atoms with van der Waals surface area (Å²) in [4.78, 5) is 24.8. The third kappa shape index (κ3) is 4.23. The van der Waals surface area contributed by atoms with E-state index in [9.17, 15) is 14.7 Å². The number of aliphatic carboxylic acids is 1. The first-order valence-electron chi connectivity index (χ1n) is 7.00. The number of urea groups is 1. The highest BCUT2D eigenvalue weighted by Crippen LogP contribution is 2.34. The van der Waals surface area contributed by atoms with Crippen LogP contribution in [0, 0.1) is 5.41 Å². The van der Waals surface area contributed by atoms with Crippen LogP contribution in [0.1, 0.15) is 26.2 Å². The van der Waals surface area contributed by atoms with E-state index < -0.39 is 11.4 Å². The van der Waals surface area contributed by atoms with Crippen molar-refractivity contribution in [3.63, 3.8) is 0 Å². The van der Waals surface area contributed by atoms with Gasteiger partial charge in [-0.15, -0.1) is 6.58 Å². The maximum absolute atomic E-state index is 11.9. The number of carboxylic acids is 1. The van der Waals surface area contributed by atoms with Gasteiger partial charge in [0.25, 0.3) is 0 Å². The third-order valence-electron chi connectivity index (χ3n) is 3.76. The van der Waals surface area contributed by atoms with Gasteiger partial charge in [0.15, 0.2) is 0 Å². The van der Waals surface area contributed by atoms with E-state index in [1.807, 2.05) is 6.92 Å². The number of carbonyl (C=O) groups is 2. The largest absolute Gasteiger partial charge is 0.481 e. The van der Waals surface area contributed by atoms with Gasteiger partial charge in [-0.1, -0.05) is 13.0 Å². The zero-order chi connectivity index (χ0) is 15.0. The monoisotopic (exact) mass is 284 g/mol. The Morgan fingerprint density at radius 3 is 2.80 bits per heavy atom. The summed E-state index contributed by atoms with van der Waals surface area (Å²) in [5.74, 6) is -0.817. The molecule has 20 heavy (non-hydrogen) atoms. The lowest BCUT2D eigenvalue weighted by molar-refractivity contribution is -0.148. The van der Waals surface area contributed by atoms with Gasteiger partial charge in [-0.3, -0.25) is 4.79 Å². The number of ether oxygens (including phenoxy) is 1. The summed E-state index contributed by atoms with van der Waals surface area (Å²) in [6.45, 7) is 7.69. The van der Waals surface area contributed by atoms with Crippen LogP contribution >= 0.6 is 0 Å². The van der Waals surface area contributed by atoms with Gasteiger partial charge in [-0.25, -0.2) is 4.79 Å². The standard InChI is InChI=1S/C14H24N2O4/c1-3-5-9-20-10-7-15-13(19)16-8-6-14(4-2,11-16)12(17)18/h3H,1,4-11H2,2H3,(H,15,19)(H,17,18). The molecule has 0 aromatic heterocycles. The SMILES string of the molecule is C=CCCOCCNC(=O)N1CCC(CC)(C(=O)O)C1. The van der Waals surface area contributed by atoms with Crippen LogP contribution in [0.5, 0.6) is 0 Å². The molecular weight excluding hydrogens is 260 g/mol. The number of nitrogens with zero attached hydrogens (tertiary/aromatic N) is 1. The first-order valence-corrected chi connectivity index (χ1v) is 7.00. The molecule has 1 rings (SSSR count). The first-order chi connectivity index (χ1) is 9.55. The summed E-state index contributed by atoms with van der Waals surface area (Å²) < 4.78 is 5.29. The molecule has 0 aliphatic carbocycles. The second-order valence-electron chi connectivity index (χ2n) is 5.03. The number of likely N-dealkylation sites (tertiary alicyclic amines) is 1. The highest BCUT2D eigenvalue weighted by molar-refractivity contribution is 5.79. The quantitative estimate of drug-likeness (QED) is 0.522. The molecule has 0 spiro atoms. The van der Waals surface area contributed by atoms with Crippen LogP contribution in [0.15, 0.2) is 12.7 Å². The normalized spacial score (nSPS) is 21.8. The number of nitrogens with one attached hydrogen (secondary N) is 1. The molecule has 1 aliphatic heterocycles. The van der Waals surface area contributed by atoms with E-state index in [0.29, 0.717) is 39.1 Å². The lowest BCUT2D eigenvalue weighted by Crippen LogP contribution is -2.42. The average molecular weight is 284 g/mol. The van der Waals surface area contributed by atoms with Crippen LogP contribution in [0.4, 0.5) is 4.79 Å². The van der Waals surface area contributed by atoms with Gasteiger partial charge in [0.2, 0.25) is 0 Å². The highest BCUT2D eigenvalue weighted by atomic mass is 16.5. The molecular formula is C14H24N2O4. The van der Waals surface area contributed by atoms with E-state index in [-0.39, 0.29) is 12.6 Å². The Balaban J connectivity index is 2.28. The minimum Gasteiger partial charge on any atom is -0.481 e. The van der Waals surface area contributed by atoms with E-state index in [4.69, 9.17) is 4.74 Å². The molecule has 0 aromatic carbocycles.